The van der Waals surface area contributed by atoms with E-state index in [9.17, 15) is 19.2 Å². The van der Waals surface area contributed by atoms with Crippen molar-refractivity contribution in [2.45, 2.75) is 64.5 Å². The first-order valence-corrected chi connectivity index (χ1v) is 11.8. The Morgan fingerprint density at radius 2 is 1.00 bits per heavy atom. The molecular weight excluding hydrogens is 384 g/mol. The van der Waals surface area contributed by atoms with Crippen molar-refractivity contribution in [2.75, 3.05) is 39.3 Å². The summed E-state index contributed by atoms with van der Waals surface area (Å²) in [5.41, 5.74) is 0. The minimum absolute atomic E-state index is 0.0148. The van der Waals surface area contributed by atoms with Gasteiger partial charge in [0.2, 0.25) is 11.8 Å². The van der Waals surface area contributed by atoms with Crippen molar-refractivity contribution < 1.29 is 29.0 Å². The Morgan fingerprint density at radius 1 is 0.667 bits per heavy atom. The molecule has 4 fully saturated rings. The maximum absolute atomic E-state index is 12.5. The molecule has 0 aliphatic carbocycles. The molecule has 4 aliphatic rings. The molecule has 0 radical (unpaired) electrons. The smallest absolute Gasteiger partial charge is 0.287 e. The number of carbonyl (C=O) groups excluding carboxylic acids is 4. The van der Waals surface area contributed by atoms with Gasteiger partial charge >= 0.3 is 0 Å². The predicted octanol–water partition coefficient (Wildman–Crippen LogP) is -2.13. The number of likely N-dealkylation sites (tertiary alicyclic amines) is 4. The molecule has 8 nitrogen and oxygen atoms in total. The van der Waals surface area contributed by atoms with Crippen LogP contribution in [-0.2, 0) is 19.2 Å². The Kier molecular flexibility index (Phi) is 6.25. The number of nitrogens with zero attached hydrogens (tertiary/aromatic N) is 2. The Morgan fingerprint density at radius 3 is 1.27 bits per heavy atom. The van der Waals surface area contributed by atoms with Gasteiger partial charge in [-0.15, -0.1) is 0 Å². The van der Waals surface area contributed by atoms with Gasteiger partial charge in [0.25, 0.3) is 11.8 Å². The van der Waals surface area contributed by atoms with Crippen LogP contribution in [-0.4, -0.2) is 84.8 Å². The number of piperidine rings is 2. The van der Waals surface area contributed by atoms with Gasteiger partial charge in [0, 0.05) is 13.1 Å². The van der Waals surface area contributed by atoms with Crippen LogP contribution in [0.15, 0.2) is 0 Å². The van der Waals surface area contributed by atoms with Crippen LogP contribution in [0, 0.1) is 11.8 Å². The molecule has 30 heavy (non-hydrogen) atoms. The summed E-state index contributed by atoms with van der Waals surface area (Å²) in [4.78, 5) is 54.5. The molecule has 4 rings (SSSR count). The van der Waals surface area contributed by atoms with Crippen LogP contribution in [0.3, 0.4) is 0 Å². The minimum atomic E-state index is -0.169. The topological polar surface area (TPSA) is 83.6 Å². The summed E-state index contributed by atoms with van der Waals surface area (Å²) >= 11 is 0. The molecule has 0 unspecified atom stereocenters. The number of carbonyl (C=O) groups is 4. The Hall–Kier alpha value is -1.80. The van der Waals surface area contributed by atoms with Crippen LogP contribution in [0.2, 0.25) is 0 Å². The summed E-state index contributed by atoms with van der Waals surface area (Å²) < 4.78 is 0. The molecule has 0 aromatic carbocycles. The minimum Gasteiger partial charge on any atom is -0.324 e. The number of amides is 4. The highest BCUT2D eigenvalue weighted by Crippen LogP contribution is 2.28. The van der Waals surface area contributed by atoms with E-state index in [1.165, 1.54) is 19.6 Å². The van der Waals surface area contributed by atoms with Crippen LogP contribution in [0.4, 0.5) is 0 Å². The van der Waals surface area contributed by atoms with Gasteiger partial charge in [0.05, 0.1) is 39.0 Å². The van der Waals surface area contributed by atoms with E-state index in [1.807, 2.05) is 13.8 Å². The van der Waals surface area contributed by atoms with Gasteiger partial charge in [0.1, 0.15) is 0 Å². The van der Waals surface area contributed by atoms with Gasteiger partial charge in [-0.1, -0.05) is 0 Å². The van der Waals surface area contributed by atoms with Crippen LogP contribution >= 0.6 is 0 Å². The van der Waals surface area contributed by atoms with Crippen molar-refractivity contribution in [3.63, 3.8) is 0 Å². The van der Waals surface area contributed by atoms with E-state index in [4.69, 9.17) is 0 Å². The fraction of sp³-hybridized carbons (Fsp3) is 0.818. The molecular formula is C22H36N4O4+2. The van der Waals surface area contributed by atoms with E-state index in [-0.39, 0.29) is 35.7 Å². The highest BCUT2D eigenvalue weighted by Gasteiger charge is 2.47. The summed E-state index contributed by atoms with van der Waals surface area (Å²) in [6.45, 7) is 8.58. The summed E-state index contributed by atoms with van der Waals surface area (Å²) in [6.07, 6.45) is 5.20. The van der Waals surface area contributed by atoms with Crippen molar-refractivity contribution in [3.05, 3.63) is 0 Å². The van der Waals surface area contributed by atoms with Crippen molar-refractivity contribution in [1.82, 2.24) is 9.80 Å². The maximum atomic E-state index is 12.5. The molecule has 0 saturated carbocycles. The first-order chi connectivity index (χ1) is 14.4. The number of hydrogen-bond acceptors (Lipinski definition) is 4. The largest absolute Gasteiger partial charge is 0.324 e. The third-order valence-corrected chi connectivity index (χ3v) is 8.12. The van der Waals surface area contributed by atoms with E-state index in [2.05, 4.69) is 0 Å². The number of quaternary nitrogens is 2. The molecule has 8 heteroatoms. The van der Waals surface area contributed by atoms with Crippen LogP contribution in [0.25, 0.3) is 0 Å². The second kappa shape index (κ2) is 8.75. The third-order valence-electron chi connectivity index (χ3n) is 8.12. The van der Waals surface area contributed by atoms with Crippen LogP contribution in [0.5, 0.6) is 0 Å². The van der Waals surface area contributed by atoms with E-state index in [0.29, 0.717) is 37.8 Å². The Bertz CT molecular complexity index is 650. The monoisotopic (exact) mass is 420 g/mol. The molecule has 4 amide bonds. The molecule has 0 spiro atoms. The van der Waals surface area contributed by atoms with E-state index < -0.39 is 0 Å². The molecule has 2 atom stereocenters. The SMILES string of the molecule is CCN1C(=O)C[C@@H]([NH+]2CCC(C3CC[NH+]([C@H]4CC(=O)N(CC)C4=O)CC3)CC2)C1=O. The van der Waals surface area contributed by atoms with Crippen molar-refractivity contribution in [2.24, 2.45) is 11.8 Å². The van der Waals surface area contributed by atoms with Gasteiger partial charge in [-0.2, -0.15) is 0 Å². The van der Waals surface area contributed by atoms with Gasteiger partial charge in [-0.3, -0.25) is 29.0 Å². The number of nitrogens with one attached hydrogen (secondary N) is 2. The zero-order valence-corrected chi connectivity index (χ0v) is 18.3. The fourth-order valence-electron chi connectivity index (χ4n) is 6.33. The molecule has 4 saturated heterocycles. The van der Waals surface area contributed by atoms with E-state index in [1.54, 1.807) is 0 Å². The first-order valence-electron chi connectivity index (χ1n) is 11.8. The normalized spacial score (nSPS) is 38.1. The second-order valence-corrected chi connectivity index (χ2v) is 9.46. The number of hydrogen-bond donors (Lipinski definition) is 2. The second-order valence-electron chi connectivity index (χ2n) is 9.46. The van der Waals surface area contributed by atoms with Crippen molar-refractivity contribution >= 4 is 23.6 Å². The van der Waals surface area contributed by atoms with Crippen LogP contribution < -0.4 is 9.80 Å². The number of imide groups is 2. The summed E-state index contributed by atoms with van der Waals surface area (Å²) in [6, 6.07) is -0.339. The quantitative estimate of drug-likeness (QED) is 0.498. The Balaban J connectivity index is 1.25. The van der Waals surface area contributed by atoms with Crippen molar-refractivity contribution in [1.29, 1.82) is 0 Å². The van der Waals surface area contributed by atoms with E-state index in [0.717, 1.165) is 51.9 Å². The maximum Gasteiger partial charge on any atom is 0.287 e. The van der Waals surface area contributed by atoms with E-state index >= 15 is 0 Å². The average molecular weight is 421 g/mol. The lowest BCUT2D eigenvalue weighted by Gasteiger charge is -2.39. The molecule has 0 bridgehead atoms. The molecule has 4 heterocycles. The summed E-state index contributed by atoms with van der Waals surface area (Å²) in [5, 5.41) is 0. The molecule has 166 valence electrons. The molecule has 0 aromatic heterocycles. The third kappa shape index (κ3) is 3.80. The van der Waals surface area contributed by atoms with Gasteiger partial charge in [-0.25, -0.2) is 0 Å². The molecule has 0 aromatic rings. The predicted molar refractivity (Wildman–Crippen MR) is 108 cm³/mol. The molecule has 4 aliphatic heterocycles. The average Bonchev–Trinajstić information content (AvgIpc) is 3.22. The number of likely N-dealkylation sites (N-methyl/N-ethyl adjacent to an activating group) is 2. The first kappa shape index (κ1) is 21.4. The van der Waals surface area contributed by atoms with Crippen LogP contribution in [0.1, 0.15) is 52.4 Å². The lowest BCUT2D eigenvalue weighted by atomic mass is 9.78. The van der Waals surface area contributed by atoms with Crippen molar-refractivity contribution in [3.8, 4) is 0 Å². The fourth-order valence-corrected chi connectivity index (χ4v) is 6.33. The summed E-state index contributed by atoms with van der Waals surface area (Å²) in [7, 11) is 0. The Labute approximate surface area is 178 Å². The summed E-state index contributed by atoms with van der Waals surface area (Å²) in [5.74, 6) is 1.36. The zero-order chi connectivity index (χ0) is 21.4. The highest BCUT2D eigenvalue weighted by molar-refractivity contribution is 6.05. The van der Waals surface area contributed by atoms with Gasteiger partial charge in [-0.05, 0) is 51.4 Å². The number of rotatable bonds is 5. The van der Waals surface area contributed by atoms with Gasteiger partial charge < -0.3 is 9.80 Å². The lowest BCUT2D eigenvalue weighted by molar-refractivity contribution is -0.924. The highest BCUT2D eigenvalue weighted by atomic mass is 16.2. The zero-order valence-electron chi connectivity index (χ0n) is 18.3. The lowest BCUT2D eigenvalue weighted by Crippen LogP contribution is -3.18. The molecule has 2 N–H and O–H groups in total. The standard InChI is InChI=1S/C22H34N4O4/c1-3-25-19(27)13-17(21(25)29)23-9-5-15(6-10-23)16-7-11-24(12-8-16)18-14-20(28)26(4-2)22(18)30/h15-18H,3-14H2,1-2H3/p+2/t17-,18+. The van der Waals surface area contributed by atoms with Gasteiger partial charge in [0.15, 0.2) is 12.1 Å².